The van der Waals surface area contributed by atoms with E-state index in [1.54, 1.807) is 36.4 Å². The van der Waals surface area contributed by atoms with Gasteiger partial charge in [-0.3, -0.25) is 14.4 Å². The molecule has 0 aromatic heterocycles. The third kappa shape index (κ3) is 22.6. The fourth-order valence-electron chi connectivity index (χ4n) is 6.86. The lowest BCUT2D eigenvalue weighted by atomic mass is 9.82. The van der Waals surface area contributed by atoms with Crippen molar-refractivity contribution in [1.82, 2.24) is 0 Å². The number of ether oxygens (including phenoxy) is 12. The van der Waals surface area contributed by atoms with E-state index in [-0.39, 0.29) is 112 Å². The Balaban J connectivity index is 1.30. The first kappa shape index (κ1) is 60.5. The SMILES string of the molecule is C=CC(=O)OCCCCOc1ccc(C(=O)OC/C=C\C(=C/CC(=O)OCCOC)OC(=O)C2CCC(C(=O)Oc3ccc(OC(=O)c4ccc(OCCCCOC(=O)C=C)cc4)c(C(=O)OCCOC)c3)CC2)cc1. The van der Waals surface area contributed by atoms with Gasteiger partial charge >= 0.3 is 47.8 Å². The van der Waals surface area contributed by atoms with Crippen LogP contribution in [0, 0.1) is 11.8 Å². The van der Waals surface area contributed by atoms with Gasteiger partial charge in [-0.15, -0.1) is 0 Å². The average Bonchev–Trinajstić information content (AvgIpc) is 3.43. The van der Waals surface area contributed by atoms with E-state index in [1.807, 2.05) is 0 Å². The number of rotatable bonds is 33. The Kier molecular flexibility index (Phi) is 27.4. The van der Waals surface area contributed by atoms with Crippen molar-refractivity contribution in [3.05, 3.63) is 133 Å². The molecule has 0 amide bonds. The summed E-state index contributed by atoms with van der Waals surface area (Å²) in [5.74, 6) is -5.43. The molecule has 1 fully saturated rings. The molecule has 20 heteroatoms. The molecule has 1 saturated carbocycles. The van der Waals surface area contributed by atoms with Gasteiger partial charge in [-0.2, -0.15) is 0 Å². The Labute approximate surface area is 440 Å². The number of hydrogen-bond donors (Lipinski definition) is 0. The fraction of sp³-hybridized carbons (Fsp3) is 0.393. The van der Waals surface area contributed by atoms with E-state index in [0.29, 0.717) is 50.4 Å². The molecule has 0 bridgehead atoms. The lowest BCUT2D eigenvalue weighted by Gasteiger charge is -2.26. The summed E-state index contributed by atoms with van der Waals surface area (Å²) < 4.78 is 63.9. The molecule has 20 nitrogen and oxygen atoms in total. The fourth-order valence-corrected chi connectivity index (χ4v) is 6.86. The van der Waals surface area contributed by atoms with E-state index >= 15 is 0 Å². The van der Waals surface area contributed by atoms with E-state index in [4.69, 9.17) is 56.8 Å². The molecular weight excluding hydrogens is 993 g/mol. The first-order chi connectivity index (χ1) is 36.8. The van der Waals surface area contributed by atoms with Crippen molar-refractivity contribution in [2.24, 2.45) is 11.8 Å². The number of carbonyl (C=O) groups excluding carboxylic acids is 8. The molecular formula is C56H64O20. The van der Waals surface area contributed by atoms with E-state index < -0.39 is 59.6 Å². The highest BCUT2D eigenvalue weighted by atomic mass is 16.6. The Bertz CT molecular complexity index is 2470. The van der Waals surface area contributed by atoms with Crippen molar-refractivity contribution >= 4 is 47.8 Å². The monoisotopic (exact) mass is 1060 g/mol. The number of hydrogen-bond acceptors (Lipinski definition) is 20. The molecule has 3 aromatic carbocycles. The second kappa shape index (κ2) is 34.4. The highest BCUT2D eigenvalue weighted by Gasteiger charge is 2.33. The predicted molar refractivity (Wildman–Crippen MR) is 270 cm³/mol. The standard InChI is InChI=1S/C56H64O20/c1-5-49(57)69-31-9-7-29-67-43-21-17-39(18-22-43)52(60)72-33-11-12-45(26-28-51(59)71-36-34-65-3)74-53(61)40-13-15-41(16-14-40)54(62)75-46-25-27-48(47(38-46)56(64)73-37-35-66-4)76-55(63)42-19-23-44(24-20-42)68-30-8-10-32-70-50(58)6-2/h5-6,11-12,17-27,38,40-41H,1-2,7-10,13-16,28-37H2,3-4H3/b12-11-,45-26+. The number of unbranched alkanes of at least 4 members (excludes halogenated alkanes) is 2. The Morgan fingerprint density at radius 3 is 1.59 bits per heavy atom. The number of methoxy groups -OCH3 is 2. The molecule has 0 unspecified atom stereocenters. The molecule has 0 saturated heterocycles. The molecule has 0 heterocycles. The largest absolute Gasteiger partial charge is 0.494 e. The minimum atomic E-state index is -0.864. The maximum Gasteiger partial charge on any atom is 0.343 e. The van der Waals surface area contributed by atoms with Crippen molar-refractivity contribution in [1.29, 1.82) is 0 Å². The minimum absolute atomic E-state index is 0.00942. The lowest BCUT2D eigenvalue weighted by molar-refractivity contribution is -0.148. The molecule has 4 rings (SSSR count). The van der Waals surface area contributed by atoms with Crippen molar-refractivity contribution in [3.63, 3.8) is 0 Å². The van der Waals surface area contributed by atoms with Crippen molar-refractivity contribution in [2.75, 3.05) is 73.7 Å². The van der Waals surface area contributed by atoms with Crippen LogP contribution in [0.25, 0.3) is 0 Å². The first-order valence-electron chi connectivity index (χ1n) is 24.5. The molecule has 0 atom stereocenters. The van der Waals surface area contributed by atoms with Crippen LogP contribution >= 0.6 is 0 Å². The number of carbonyl (C=O) groups is 8. The second-order valence-electron chi connectivity index (χ2n) is 16.5. The quantitative estimate of drug-likeness (QED) is 0.0108. The van der Waals surface area contributed by atoms with Gasteiger partial charge in [0.25, 0.3) is 0 Å². The van der Waals surface area contributed by atoms with Gasteiger partial charge in [0.2, 0.25) is 0 Å². The Morgan fingerprint density at radius 2 is 1.04 bits per heavy atom. The summed E-state index contributed by atoms with van der Waals surface area (Å²) in [4.78, 5) is 101. The summed E-state index contributed by atoms with van der Waals surface area (Å²) in [6.07, 6.45) is 9.64. The van der Waals surface area contributed by atoms with Crippen molar-refractivity contribution < 1.29 is 95.2 Å². The smallest absolute Gasteiger partial charge is 0.343 e. The van der Waals surface area contributed by atoms with Crippen LogP contribution < -0.4 is 18.9 Å². The summed E-state index contributed by atoms with van der Waals surface area (Å²) in [6, 6.07) is 16.4. The Morgan fingerprint density at radius 1 is 0.526 bits per heavy atom. The molecule has 0 aliphatic heterocycles. The van der Waals surface area contributed by atoms with Gasteiger partial charge < -0.3 is 56.8 Å². The van der Waals surface area contributed by atoms with E-state index in [2.05, 4.69) is 13.2 Å². The van der Waals surface area contributed by atoms with Gasteiger partial charge in [0.1, 0.15) is 54.1 Å². The van der Waals surface area contributed by atoms with Gasteiger partial charge in [0.05, 0.1) is 69.0 Å². The van der Waals surface area contributed by atoms with Crippen molar-refractivity contribution in [3.8, 4) is 23.0 Å². The Hall–Kier alpha value is -8.10. The zero-order chi connectivity index (χ0) is 54.9. The highest BCUT2D eigenvalue weighted by molar-refractivity contribution is 5.97. The van der Waals surface area contributed by atoms with E-state index in [9.17, 15) is 38.4 Å². The minimum Gasteiger partial charge on any atom is -0.494 e. The van der Waals surface area contributed by atoms with Crippen LogP contribution in [0.3, 0.4) is 0 Å². The van der Waals surface area contributed by atoms with Crippen LogP contribution in [0.1, 0.15) is 88.9 Å². The first-order valence-corrected chi connectivity index (χ1v) is 24.5. The van der Waals surface area contributed by atoms with Gasteiger partial charge in [0, 0.05) is 26.4 Å². The summed E-state index contributed by atoms with van der Waals surface area (Å²) in [5.41, 5.74) is 0.229. The lowest BCUT2D eigenvalue weighted by Crippen LogP contribution is -2.29. The molecule has 1 aliphatic carbocycles. The third-order valence-corrected chi connectivity index (χ3v) is 11.0. The highest BCUT2D eigenvalue weighted by Crippen LogP contribution is 2.33. The zero-order valence-electron chi connectivity index (χ0n) is 42.7. The van der Waals surface area contributed by atoms with Crippen LogP contribution in [-0.4, -0.2) is 121 Å². The van der Waals surface area contributed by atoms with Crippen LogP contribution in [0.4, 0.5) is 0 Å². The summed E-state index contributed by atoms with van der Waals surface area (Å²) in [7, 11) is 2.90. The van der Waals surface area contributed by atoms with Gasteiger partial charge in [-0.25, -0.2) is 24.0 Å². The third-order valence-electron chi connectivity index (χ3n) is 11.0. The average molecular weight is 1060 g/mol. The van der Waals surface area contributed by atoms with Crippen LogP contribution in [0.2, 0.25) is 0 Å². The van der Waals surface area contributed by atoms with Crippen LogP contribution in [-0.2, 0) is 61.9 Å². The zero-order valence-corrected chi connectivity index (χ0v) is 42.7. The molecule has 76 heavy (non-hydrogen) atoms. The number of allylic oxidation sites excluding steroid dienone is 1. The topological polar surface area (TPSA) is 247 Å². The van der Waals surface area contributed by atoms with Gasteiger partial charge in [0.15, 0.2) is 0 Å². The van der Waals surface area contributed by atoms with Crippen LogP contribution in [0.15, 0.2) is 116 Å². The molecule has 0 radical (unpaired) electrons. The van der Waals surface area contributed by atoms with Crippen molar-refractivity contribution in [2.45, 2.75) is 57.8 Å². The summed E-state index contributed by atoms with van der Waals surface area (Å²) in [6.45, 7) is 7.90. The normalized spacial score (nSPS) is 14.1. The maximum atomic E-state index is 13.5. The molecule has 408 valence electrons. The van der Waals surface area contributed by atoms with Gasteiger partial charge in [-0.1, -0.05) is 13.2 Å². The summed E-state index contributed by atoms with van der Waals surface area (Å²) >= 11 is 0. The number of esters is 8. The molecule has 1 aliphatic rings. The second-order valence-corrected chi connectivity index (χ2v) is 16.5. The maximum absolute atomic E-state index is 13.5. The predicted octanol–water partition coefficient (Wildman–Crippen LogP) is 7.62. The molecule has 0 spiro atoms. The molecule has 3 aromatic rings. The molecule has 0 N–H and O–H groups in total. The van der Waals surface area contributed by atoms with E-state index in [0.717, 1.165) is 12.2 Å². The van der Waals surface area contributed by atoms with E-state index in [1.165, 1.54) is 62.8 Å². The van der Waals surface area contributed by atoms with Gasteiger partial charge in [-0.05, 0) is 136 Å². The number of benzene rings is 3. The van der Waals surface area contributed by atoms with Crippen LogP contribution in [0.5, 0.6) is 23.0 Å². The summed E-state index contributed by atoms with van der Waals surface area (Å²) in [5, 5.41) is 0.